The van der Waals surface area contributed by atoms with Crippen molar-refractivity contribution in [3.8, 4) is 22.5 Å². The zero-order chi connectivity index (χ0) is 15.5. The highest BCUT2D eigenvalue weighted by Gasteiger charge is 2.07. The van der Waals surface area contributed by atoms with Crippen molar-refractivity contribution in [2.45, 2.75) is 0 Å². The number of benzene rings is 2. The summed E-state index contributed by atoms with van der Waals surface area (Å²) in [7, 11) is 1.62. The van der Waals surface area contributed by atoms with E-state index in [2.05, 4.69) is 32.7 Å². The Hall–Kier alpha value is -2.33. The molecule has 1 heterocycles. The molecule has 0 fully saturated rings. The number of hydrogen-bond acceptors (Lipinski definition) is 2. The molecule has 0 spiro atoms. The lowest BCUT2D eigenvalue weighted by Crippen LogP contribution is -1.86. The van der Waals surface area contributed by atoms with E-state index >= 15 is 0 Å². The van der Waals surface area contributed by atoms with Crippen LogP contribution in [0.25, 0.3) is 28.3 Å². The fourth-order valence-electron chi connectivity index (χ4n) is 2.22. The van der Waals surface area contributed by atoms with Crippen molar-refractivity contribution in [2.24, 2.45) is 0 Å². The number of H-pyrrole nitrogens is 1. The number of nitrogens with one attached hydrogen (secondary N) is 1. The molecule has 0 radical (unpaired) electrons. The van der Waals surface area contributed by atoms with Crippen LogP contribution in [0.2, 0.25) is 0 Å². The summed E-state index contributed by atoms with van der Waals surface area (Å²) in [6.45, 7) is 3.88. The third-order valence-electron chi connectivity index (χ3n) is 3.46. The first kappa shape index (κ1) is 14.6. The van der Waals surface area contributed by atoms with Crippen molar-refractivity contribution in [3.05, 3.63) is 71.2 Å². The van der Waals surface area contributed by atoms with Crippen molar-refractivity contribution >= 4 is 21.7 Å². The molecule has 0 aliphatic heterocycles. The maximum absolute atomic E-state index is 5.19. The first-order chi connectivity index (χ1) is 10.7. The topological polar surface area (TPSA) is 37.9 Å². The molecule has 0 aliphatic rings. The van der Waals surface area contributed by atoms with Gasteiger partial charge in [-0.25, -0.2) is 0 Å². The van der Waals surface area contributed by atoms with E-state index in [4.69, 9.17) is 4.74 Å². The van der Waals surface area contributed by atoms with Crippen LogP contribution in [-0.2, 0) is 4.74 Å². The van der Waals surface area contributed by atoms with Crippen LogP contribution >= 0.6 is 15.9 Å². The Morgan fingerprint density at radius 1 is 1.09 bits per heavy atom. The highest BCUT2D eigenvalue weighted by Crippen LogP contribution is 2.26. The van der Waals surface area contributed by atoms with Gasteiger partial charge in [-0.15, -0.1) is 0 Å². The van der Waals surface area contributed by atoms with Gasteiger partial charge in [-0.05, 0) is 29.8 Å². The second-order valence-corrected chi connectivity index (χ2v) is 5.80. The third-order valence-corrected chi connectivity index (χ3v) is 3.99. The molecule has 1 aromatic heterocycles. The molecule has 0 atom stereocenters. The van der Waals surface area contributed by atoms with Crippen molar-refractivity contribution in [1.82, 2.24) is 10.2 Å². The summed E-state index contributed by atoms with van der Waals surface area (Å²) in [5, 5.41) is 7.49. The molecule has 2 aromatic carbocycles. The van der Waals surface area contributed by atoms with Crippen molar-refractivity contribution in [3.63, 3.8) is 0 Å². The Kier molecular flexibility index (Phi) is 4.11. The van der Waals surface area contributed by atoms with Gasteiger partial charge in [0.05, 0.1) is 18.5 Å². The lowest BCUT2D eigenvalue weighted by atomic mass is 10.1. The lowest BCUT2D eigenvalue weighted by Gasteiger charge is -2.05. The van der Waals surface area contributed by atoms with Crippen LogP contribution < -0.4 is 0 Å². The minimum absolute atomic E-state index is 0.644. The minimum atomic E-state index is 0.644. The molecule has 22 heavy (non-hydrogen) atoms. The Morgan fingerprint density at radius 2 is 1.86 bits per heavy atom. The van der Waals surface area contributed by atoms with Crippen LogP contribution in [0.5, 0.6) is 0 Å². The average molecular weight is 355 g/mol. The van der Waals surface area contributed by atoms with Gasteiger partial charge in [0.15, 0.2) is 0 Å². The number of methoxy groups -OCH3 is 1. The largest absolute Gasteiger partial charge is 0.497 e. The van der Waals surface area contributed by atoms with Gasteiger partial charge in [-0.2, -0.15) is 5.10 Å². The zero-order valence-corrected chi connectivity index (χ0v) is 13.7. The molecule has 110 valence electrons. The van der Waals surface area contributed by atoms with Gasteiger partial charge in [0, 0.05) is 15.6 Å². The molecule has 1 N–H and O–H groups in total. The Labute approximate surface area is 137 Å². The number of halogens is 1. The summed E-state index contributed by atoms with van der Waals surface area (Å²) >= 11 is 3.44. The van der Waals surface area contributed by atoms with Crippen LogP contribution in [-0.4, -0.2) is 17.3 Å². The van der Waals surface area contributed by atoms with Crippen LogP contribution in [0, 0.1) is 0 Å². The van der Waals surface area contributed by atoms with E-state index in [1.165, 1.54) is 0 Å². The summed E-state index contributed by atoms with van der Waals surface area (Å²) in [6, 6.07) is 18.1. The quantitative estimate of drug-likeness (QED) is 0.660. The minimum Gasteiger partial charge on any atom is -0.497 e. The Bertz CT molecular complexity index is 806. The van der Waals surface area contributed by atoms with Gasteiger partial charge in [0.1, 0.15) is 5.76 Å². The Balaban J connectivity index is 1.94. The molecular weight excluding hydrogens is 340 g/mol. The van der Waals surface area contributed by atoms with E-state index in [1.54, 1.807) is 7.11 Å². The summed E-state index contributed by atoms with van der Waals surface area (Å²) < 4.78 is 6.24. The fraction of sp³-hybridized carbons (Fsp3) is 0.0556. The number of rotatable bonds is 4. The molecule has 3 aromatic rings. The number of aromatic nitrogens is 2. The summed E-state index contributed by atoms with van der Waals surface area (Å²) in [5.41, 5.74) is 4.95. The standard InChI is InChI=1S/C18H15BrN2O/c1-12(22-2)14-4-3-5-15(10-14)18-11-17(20-21-18)13-6-8-16(19)9-7-13/h3-11H,1H2,2H3,(H,20,21). The predicted octanol–water partition coefficient (Wildman–Crippen LogP) is 5.12. The number of hydrogen-bond donors (Lipinski definition) is 1. The molecule has 0 bridgehead atoms. The molecule has 4 heteroatoms. The van der Waals surface area contributed by atoms with Gasteiger partial charge in [-0.1, -0.05) is 52.8 Å². The van der Waals surface area contributed by atoms with Crippen LogP contribution in [0.1, 0.15) is 5.56 Å². The van der Waals surface area contributed by atoms with Gasteiger partial charge in [-0.3, -0.25) is 5.10 Å². The van der Waals surface area contributed by atoms with Crippen molar-refractivity contribution in [1.29, 1.82) is 0 Å². The second kappa shape index (κ2) is 6.20. The van der Waals surface area contributed by atoms with Crippen LogP contribution in [0.4, 0.5) is 0 Å². The van der Waals surface area contributed by atoms with Gasteiger partial charge < -0.3 is 4.74 Å². The smallest absolute Gasteiger partial charge is 0.118 e. The Morgan fingerprint density at radius 3 is 2.59 bits per heavy atom. The number of aromatic amines is 1. The molecule has 0 saturated heterocycles. The van der Waals surface area contributed by atoms with E-state index in [0.717, 1.165) is 32.6 Å². The SMILES string of the molecule is C=C(OC)c1cccc(-c2cc(-c3ccc(Br)cc3)[nH]n2)c1. The molecular formula is C18H15BrN2O. The number of nitrogens with zero attached hydrogens (tertiary/aromatic N) is 1. The average Bonchev–Trinajstić information content (AvgIpc) is 3.05. The van der Waals surface area contributed by atoms with Crippen LogP contribution in [0.3, 0.4) is 0 Å². The summed E-state index contributed by atoms with van der Waals surface area (Å²) in [6.07, 6.45) is 0. The van der Waals surface area contributed by atoms with Crippen molar-refractivity contribution < 1.29 is 4.74 Å². The van der Waals surface area contributed by atoms with Gasteiger partial charge in [0.2, 0.25) is 0 Å². The molecule has 0 amide bonds. The maximum Gasteiger partial charge on any atom is 0.118 e. The van der Waals surface area contributed by atoms with Crippen molar-refractivity contribution in [2.75, 3.05) is 7.11 Å². The molecule has 0 aliphatic carbocycles. The summed E-state index contributed by atoms with van der Waals surface area (Å²) in [5.74, 6) is 0.644. The molecule has 3 rings (SSSR count). The zero-order valence-electron chi connectivity index (χ0n) is 12.1. The third kappa shape index (κ3) is 2.97. The lowest BCUT2D eigenvalue weighted by molar-refractivity contribution is 0.371. The van der Waals surface area contributed by atoms with Gasteiger partial charge in [0.25, 0.3) is 0 Å². The normalized spacial score (nSPS) is 10.5. The van der Waals surface area contributed by atoms with E-state index in [1.807, 2.05) is 54.6 Å². The number of ether oxygens (including phenoxy) is 1. The van der Waals surface area contributed by atoms with E-state index in [-0.39, 0.29) is 0 Å². The molecule has 0 unspecified atom stereocenters. The monoisotopic (exact) mass is 354 g/mol. The first-order valence-electron chi connectivity index (χ1n) is 6.82. The molecule has 3 nitrogen and oxygen atoms in total. The molecule has 0 saturated carbocycles. The predicted molar refractivity (Wildman–Crippen MR) is 93.2 cm³/mol. The second-order valence-electron chi connectivity index (χ2n) is 4.88. The van der Waals surface area contributed by atoms with E-state index in [9.17, 15) is 0 Å². The fourth-order valence-corrected chi connectivity index (χ4v) is 2.48. The first-order valence-corrected chi connectivity index (χ1v) is 7.62. The van der Waals surface area contributed by atoms with E-state index in [0.29, 0.717) is 5.76 Å². The highest BCUT2D eigenvalue weighted by molar-refractivity contribution is 9.10. The highest BCUT2D eigenvalue weighted by atomic mass is 79.9. The van der Waals surface area contributed by atoms with E-state index < -0.39 is 0 Å². The van der Waals surface area contributed by atoms with Crippen LogP contribution in [0.15, 0.2) is 65.6 Å². The summed E-state index contributed by atoms with van der Waals surface area (Å²) in [4.78, 5) is 0. The maximum atomic E-state index is 5.19. The van der Waals surface area contributed by atoms with Gasteiger partial charge >= 0.3 is 0 Å².